The number of imidazole rings is 1. The second-order valence-corrected chi connectivity index (χ2v) is 7.22. The van der Waals surface area contributed by atoms with Gasteiger partial charge in [-0.15, -0.1) is 24.8 Å². The van der Waals surface area contributed by atoms with Crippen molar-refractivity contribution in [2.45, 2.75) is 26.1 Å². The van der Waals surface area contributed by atoms with Crippen molar-refractivity contribution in [3.8, 4) is 0 Å². The molecule has 0 bridgehead atoms. The minimum Gasteiger partial charge on any atom is -0.340 e. The lowest BCUT2D eigenvalue weighted by Crippen LogP contribution is -2.46. The minimum atomic E-state index is 0. The number of hydrogen-bond acceptors (Lipinski definition) is 5. The highest BCUT2D eigenvalue weighted by atomic mass is 35.5. The Morgan fingerprint density at radius 1 is 1.00 bits per heavy atom. The van der Waals surface area contributed by atoms with Crippen LogP contribution in [-0.4, -0.2) is 57.4 Å². The molecule has 1 aromatic carbocycles. The van der Waals surface area contributed by atoms with Crippen molar-refractivity contribution in [1.29, 1.82) is 0 Å². The van der Waals surface area contributed by atoms with Crippen molar-refractivity contribution in [2.24, 2.45) is 0 Å². The van der Waals surface area contributed by atoms with Gasteiger partial charge in [0.25, 0.3) is 0 Å². The van der Waals surface area contributed by atoms with E-state index in [1.165, 1.54) is 11.4 Å². The molecule has 7 nitrogen and oxygen atoms in total. The van der Waals surface area contributed by atoms with E-state index in [9.17, 15) is 0 Å². The molecular formula is C19H27Cl2N7. The Hall–Kier alpha value is -1.80. The molecule has 28 heavy (non-hydrogen) atoms. The molecule has 2 aromatic heterocycles. The molecule has 0 unspecified atom stereocenters. The minimum absolute atomic E-state index is 0. The molecule has 0 saturated carbocycles. The van der Waals surface area contributed by atoms with Gasteiger partial charge in [-0.3, -0.25) is 9.58 Å². The second-order valence-electron chi connectivity index (χ2n) is 7.22. The summed E-state index contributed by atoms with van der Waals surface area (Å²) >= 11 is 0. The summed E-state index contributed by atoms with van der Waals surface area (Å²) in [6.45, 7) is 8.06. The molecule has 1 saturated heterocycles. The Morgan fingerprint density at radius 3 is 2.64 bits per heavy atom. The summed E-state index contributed by atoms with van der Waals surface area (Å²) in [5, 5.41) is 8.28. The van der Waals surface area contributed by atoms with E-state index in [1.54, 1.807) is 0 Å². The highest BCUT2D eigenvalue weighted by molar-refractivity contribution is 5.85. The summed E-state index contributed by atoms with van der Waals surface area (Å²) < 4.78 is 2.18. The van der Waals surface area contributed by atoms with Crippen LogP contribution >= 0.6 is 24.8 Å². The van der Waals surface area contributed by atoms with Crippen molar-refractivity contribution < 1.29 is 0 Å². The number of fused-ring (bicyclic) bond motifs is 2. The predicted molar refractivity (Wildman–Crippen MR) is 117 cm³/mol. The highest BCUT2D eigenvalue weighted by Gasteiger charge is 2.21. The molecule has 9 heteroatoms. The first kappa shape index (κ1) is 20.9. The van der Waals surface area contributed by atoms with Gasteiger partial charge in [-0.2, -0.15) is 5.10 Å². The van der Waals surface area contributed by atoms with Gasteiger partial charge in [0.05, 0.1) is 22.4 Å². The van der Waals surface area contributed by atoms with Gasteiger partial charge in [0.1, 0.15) is 0 Å². The van der Waals surface area contributed by atoms with E-state index in [0.717, 1.165) is 75.8 Å². The zero-order chi connectivity index (χ0) is 17.3. The first-order valence-corrected chi connectivity index (χ1v) is 9.53. The highest BCUT2D eigenvalue weighted by Crippen LogP contribution is 2.19. The lowest BCUT2D eigenvalue weighted by molar-refractivity contribution is 0.245. The fourth-order valence-corrected chi connectivity index (χ4v) is 3.93. The molecule has 1 fully saturated rings. The number of rotatable bonds is 3. The second kappa shape index (κ2) is 9.13. The van der Waals surface area contributed by atoms with E-state index in [0.29, 0.717) is 0 Å². The van der Waals surface area contributed by atoms with Gasteiger partial charge in [-0.25, -0.2) is 4.98 Å². The van der Waals surface area contributed by atoms with Gasteiger partial charge in [-0.05, 0) is 31.2 Å². The van der Waals surface area contributed by atoms with Crippen molar-refractivity contribution >= 4 is 41.8 Å². The van der Waals surface area contributed by atoms with Gasteiger partial charge < -0.3 is 15.2 Å². The molecule has 2 aliphatic heterocycles. The largest absolute Gasteiger partial charge is 0.340 e. The average Bonchev–Trinajstić information content (AvgIpc) is 3.20. The summed E-state index contributed by atoms with van der Waals surface area (Å²) in [7, 11) is 0. The van der Waals surface area contributed by atoms with Crippen LogP contribution in [0.5, 0.6) is 0 Å². The number of aromatic amines is 1. The molecule has 0 atom stereocenters. The van der Waals surface area contributed by atoms with Crippen LogP contribution < -0.4 is 10.2 Å². The lowest BCUT2D eigenvalue weighted by atomic mass is 10.3. The van der Waals surface area contributed by atoms with Crippen LogP contribution in [0.25, 0.3) is 11.0 Å². The first-order chi connectivity index (χ1) is 12.8. The van der Waals surface area contributed by atoms with Crippen molar-refractivity contribution in [2.75, 3.05) is 37.6 Å². The van der Waals surface area contributed by atoms with Crippen molar-refractivity contribution in [3.63, 3.8) is 0 Å². The van der Waals surface area contributed by atoms with Crippen LogP contribution in [0.4, 0.5) is 5.95 Å². The Balaban J connectivity index is 0.00000112. The van der Waals surface area contributed by atoms with Crippen LogP contribution in [0.2, 0.25) is 0 Å². The first-order valence-electron chi connectivity index (χ1n) is 9.53. The molecule has 0 spiro atoms. The normalized spacial score (nSPS) is 17.5. The number of para-hydroxylation sites is 2. The van der Waals surface area contributed by atoms with Gasteiger partial charge in [-0.1, -0.05) is 12.1 Å². The maximum absolute atomic E-state index is 4.81. The molecule has 0 amide bonds. The maximum Gasteiger partial charge on any atom is 0.203 e. The molecule has 2 aliphatic rings. The number of hydrogen-bond donors (Lipinski definition) is 2. The monoisotopic (exact) mass is 423 g/mol. The number of benzene rings is 1. The number of H-pyrrole nitrogens is 1. The lowest BCUT2D eigenvalue weighted by Gasteiger charge is -2.34. The standard InChI is InChI=1S/C19H25N7.2ClH/c1-2-5-18-17(4-1)21-19(22-18)25-10-8-24(9-11-25)14-15-12-16-13-20-6-3-7-26(16)23-15;;/h1-2,4-5,12,20H,3,6-11,13-14H2,(H,21,22);2*1H. The van der Waals surface area contributed by atoms with E-state index in [-0.39, 0.29) is 24.8 Å². The van der Waals surface area contributed by atoms with Crippen LogP contribution in [-0.2, 0) is 19.6 Å². The number of aryl methyl sites for hydroxylation is 1. The summed E-state index contributed by atoms with van der Waals surface area (Å²) in [5.41, 5.74) is 4.66. The molecular weight excluding hydrogens is 397 g/mol. The average molecular weight is 424 g/mol. The third-order valence-electron chi connectivity index (χ3n) is 5.38. The van der Waals surface area contributed by atoms with E-state index < -0.39 is 0 Å². The number of halogens is 2. The smallest absolute Gasteiger partial charge is 0.203 e. The Bertz CT molecular complexity index is 842. The van der Waals surface area contributed by atoms with Gasteiger partial charge in [0, 0.05) is 45.8 Å². The third-order valence-corrected chi connectivity index (χ3v) is 5.38. The fraction of sp³-hybridized carbons (Fsp3) is 0.474. The molecule has 152 valence electrons. The summed E-state index contributed by atoms with van der Waals surface area (Å²) in [5.74, 6) is 0.991. The Morgan fingerprint density at radius 2 is 1.82 bits per heavy atom. The van der Waals surface area contributed by atoms with Crippen LogP contribution in [0.1, 0.15) is 17.8 Å². The van der Waals surface area contributed by atoms with Gasteiger partial charge in [0.15, 0.2) is 0 Å². The number of nitrogens with one attached hydrogen (secondary N) is 2. The zero-order valence-electron chi connectivity index (χ0n) is 15.8. The number of piperazine rings is 1. The molecule has 0 aliphatic carbocycles. The quantitative estimate of drug-likeness (QED) is 0.676. The Labute approximate surface area is 177 Å². The number of nitrogens with zero attached hydrogens (tertiary/aromatic N) is 5. The molecule has 0 radical (unpaired) electrons. The summed E-state index contributed by atoms with van der Waals surface area (Å²) in [4.78, 5) is 13.0. The number of anilines is 1. The topological polar surface area (TPSA) is 65.0 Å². The SMILES string of the molecule is Cl.Cl.c1ccc2[nH]c(N3CCN(Cc4cc5n(n4)CCCNC5)CC3)nc2c1. The van der Waals surface area contributed by atoms with Crippen LogP contribution in [0.3, 0.4) is 0 Å². The summed E-state index contributed by atoms with van der Waals surface area (Å²) in [6, 6.07) is 10.5. The summed E-state index contributed by atoms with van der Waals surface area (Å²) in [6.07, 6.45) is 1.16. The zero-order valence-corrected chi connectivity index (χ0v) is 17.4. The van der Waals surface area contributed by atoms with E-state index in [1.807, 2.05) is 12.1 Å². The predicted octanol–water partition coefficient (Wildman–Crippen LogP) is 2.42. The van der Waals surface area contributed by atoms with E-state index in [4.69, 9.17) is 10.1 Å². The molecule has 3 aromatic rings. The molecule has 5 rings (SSSR count). The van der Waals surface area contributed by atoms with Gasteiger partial charge >= 0.3 is 0 Å². The van der Waals surface area contributed by atoms with Crippen molar-refractivity contribution in [3.05, 3.63) is 41.7 Å². The van der Waals surface area contributed by atoms with Crippen molar-refractivity contribution in [1.82, 2.24) is 30.0 Å². The van der Waals surface area contributed by atoms with Gasteiger partial charge in [0.2, 0.25) is 5.95 Å². The van der Waals surface area contributed by atoms with Crippen LogP contribution in [0.15, 0.2) is 30.3 Å². The van der Waals surface area contributed by atoms with E-state index >= 15 is 0 Å². The Kier molecular flexibility index (Phi) is 6.82. The molecule has 4 heterocycles. The fourth-order valence-electron chi connectivity index (χ4n) is 3.93. The van der Waals surface area contributed by atoms with E-state index in [2.05, 4.69) is 43.0 Å². The molecule has 2 N–H and O–H groups in total. The number of aromatic nitrogens is 4. The van der Waals surface area contributed by atoms with Crippen LogP contribution in [0, 0.1) is 0 Å². The third kappa shape index (κ3) is 4.27. The maximum atomic E-state index is 4.81.